The van der Waals surface area contributed by atoms with E-state index in [1.807, 2.05) is 0 Å². The van der Waals surface area contributed by atoms with E-state index < -0.39 is 17.4 Å². The fourth-order valence-corrected chi connectivity index (χ4v) is 0.773. The minimum Gasteiger partial charge on any atom is -0.480 e. The molecule has 1 amide bonds. The molecular formula is C7H11N5O3. The molecule has 8 nitrogen and oxygen atoms in total. The largest absolute Gasteiger partial charge is 0.480 e. The lowest BCUT2D eigenvalue weighted by Gasteiger charge is -2.19. The summed E-state index contributed by atoms with van der Waals surface area (Å²) in [6.45, 7) is 2.71. The van der Waals surface area contributed by atoms with Crippen molar-refractivity contribution in [1.29, 1.82) is 0 Å². The number of carboxylic acids is 1. The molecule has 82 valence electrons. The van der Waals surface area contributed by atoms with E-state index in [0.29, 0.717) is 0 Å². The zero-order valence-corrected chi connectivity index (χ0v) is 8.24. The molecule has 0 saturated carbocycles. The third kappa shape index (κ3) is 2.42. The number of aromatic nitrogens is 3. The van der Waals surface area contributed by atoms with Gasteiger partial charge >= 0.3 is 5.97 Å². The predicted molar refractivity (Wildman–Crippen MR) is 50.0 cm³/mol. The number of hydrogen-bond donors (Lipinski definition) is 4. The van der Waals surface area contributed by atoms with Gasteiger partial charge in [-0.2, -0.15) is 4.98 Å². The standard InChI is InChI=1S/C7H11N5O3/c1-7(2,5(14)15)10-4(13)3-9-6(8)12-11-3/h1-2H3,(H,10,13)(H,14,15)(H3,8,9,11,12). The highest BCUT2D eigenvalue weighted by molar-refractivity contribution is 5.94. The van der Waals surface area contributed by atoms with Crippen LogP contribution in [0.1, 0.15) is 24.5 Å². The first-order valence-corrected chi connectivity index (χ1v) is 4.06. The van der Waals surface area contributed by atoms with Gasteiger partial charge in [0.15, 0.2) is 0 Å². The first kappa shape index (κ1) is 11.0. The summed E-state index contributed by atoms with van der Waals surface area (Å²) in [5.41, 5.74) is 3.81. The molecule has 0 radical (unpaired) electrons. The summed E-state index contributed by atoms with van der Waals surface area (Å²) in [5.74, 6) is -2.02. The van der Waals surface area contributed by atoms with Crippen LogP contribution in [0, 0.1) is 0 Å². The summed E-state index contributed by atoms with van der Waals surface area (Å²) in [5, 5.41) is 16.7. The Morgan fingerprint density at radius 3 is 2.53 bits per heavy atom. The Bertz CT molecular complexity index is 397. The fourth-order valence-electron chi connectivity index (χ4n) is 0.773. The molecule has 0 saturated heterocycles. The molecular weight excluding hydrogens is 202 g/mol. The van der Waals surface area contributed by atoms with Crippen LogP contribution in [0.15, 0.2) is 0 Å². The Balaban J connectivity index is 2.76. The zero-order valence-electron chi connectivity index (χ0n) is 8.24. The van der Waals surface area contributed by atoms with E-state index >= 15 is 0 Å². The number of aromatic amines is 1. The minimum absolute atomic E-state index is 0.0757. The second kappa shape index (κ2) is 3.56. The first-order valence-electron chi connectivity index (χ1n) is 4.06. The molecule has 0 bridgehead atoms. The van der Waals surface area contributed by atoms with Crippen LogP contribution in [0.5, 0.6) is 0 Å². The van der Waals surface area contributed by atoms with Crippen molar-refractivity contribution in [3.63, 3.8) is 0 Å². The van der Waals surface area contributed by atoms with Crippen LogP contribution in [0.4, 0.5) is 5.95 Å². The lowest BCUT2D eigenvalue weighted by Crippen LogP contribution is -2.49. The van der Waals surface area contributed by atoms with E-state index in [2.05, 4.69) is 20.5 Å². The van der Waals surface area contributed by atoms with Gasteiger partial charge in [-0.3, -0.25) is 9.89 Å². The zero-order chi connectivity index (χ0) is 11.6. The van der Waals surface area contributed by atoms with Gasteiger partial charge in [0.1, 0.15) is 5.54 Å². The van der Waals surface area contributed by atoms with E-state index in [4.69, 9.17) is 10.8 Å². The molecule has 0 aliphatic carbocycles. The summed E-state index contributed by atoms with van der Waals surface area (Å²) < 4.78 is 0. The van der Waals surface area contributed by atoms with Crippen molar-refractivity contribution < 1.29 is 14.7 Å². The number of nitrogens with two attached hydrogens (primary N) is 1. The summed E-state index contributed by atoms with van der Waals surface area (Å²) in [4.78, 5) is 25.7. The van der Waals surface area contributed by atoms with Crippen molar-refractivity contribution in [3.05, 3.63) is 5.82 Å². The highest BCUT2D eigenvalue weighted by Gasteiger charge is 2.30. The lowest BCUT2D eigenvalue weighted by atomic mass is 10.1. The second-order valence-corrected chi connectivity index (χ2v) is 3.43. The van der Waals surface area contributed by atoms with Crippen molar-refractivity contribution in [2.45, 2.75) is 19.4 Å². The number of nitrogens with zero attached hydrogens (tertiary/aromatic N) is 2. The van der Waals surface area contributed by atoms with Gasteiger partial charge in [0.2, 0.25) is 11.8 Å². The molecule has 0 aliphatic rings. The van der Waals surface area contributed by atoms with Gasteiger partial charge < -0.3 is 16.2 Å². The average molecular weight is 213 g/mol. The molecule has 8 heteroatoms. The Morgan fingerprint density at radius 1 is 1.53 bits per heavy atom. The topological polar surface area (TPSA) is 134 Å². The van der Waals surface area contributed by atoms with Crippen molar-refractivity contribution in [2.24, 2.45) is 0 Å². The highest BCUT2D eigenvalue weighted by atomic mass is 16.4. The number of carbonyl (C=O) groups excluding carboxylic acids is 1. The van der Waals surface area contributed by atoms with Gasteiger partial charge in [0.25, 0.3) is 5.91 Å². The van der Waals surface area contributed by atoms with Gasteiger partial charge in [-0.25, -0.2) is 4.79 Å². The number of carboxylic acid groups (broad SMARTS) is 1. The number of aliphatic carboxylic acids is 1. The predicted octanol–water partition coefficient (Wildman–Crippen LogP) is -1.02. The van der Waals surface area contributed by atoms with Crippen LogP contribution in [0.25, 0.3) is 0 Å². The molecule has 1 aromatic heterocycles. The molecule has 1 rings (SSSR count). The maximum absolute atomic E-state index is 11.4. The van der Waals surface area contributed by atoms with Crippen LogP contribution in [-0.4, -0.2) is 37.7 Å². The van der Waals surface area contributed by atoms with Crippen molar-refractivity contribution in [3.8, 4) is 0 Å². The average Bonchev–Trinajstić information content (AvgIpc) is 2.50. The SMILES string of the molecule is CC(C)(NC(=O)c1nc(N)n[nH]1)C(=O)O. The number of anilines is 1. The van der Waals surface area contributed by atoms with Crippen LogP contribution in [0.2, 0.25) is 0 Å². The Labute approximate surface area is 84.9 Å². The molecule has 0 atom stereocenters. The number of amides is 1. The second-order valence-electron chi connectivity index (χ2n) is 3.43. The Kier molecular flexibility index (Phi) is 2.60. The van der Waals surface area contributed by atoms with Gasteiger partial charge in [-0.05, 0) is 13.8 Å². The summed E-state index contributed by atoms with van der Waals surface area (Å²) in [6, 6.07) is 0. The third-order valence-corrected chi connectivity index (χ3v) is 1.68. The first-order chi connectivity index (χ1) is 6.83. The number of H-pyrrole nitrogens is 1. The van der Waals surface area contributed by atoms with Crippen LogP contribution >= 0.6 is 0 Å². The number of rotatable bonds is 3. The highest BCUT2D eigenvalue weighted by Crippen LogP contribution is 2.03. The molecule has 1 aromatic rings. The number of nitrogens with one attached hydrogen (secondary N) is 2. The molecule has 1 heterocycles. The molecule has 0 spiro atoms. The molecule has 0 aliphatic heterocycles. The number of hydrogen-bond acceptors (Lipinski definition) is 5. The van der Waals surface area contributed by atoms with Crippen molar-refractivity contribution in [2.75, 3.05) is 5.73 Å². The molecule has 5 N–H and O–H groups in total. The smallest absolute Gasteiger partial charge is 0.328 e. The number of carbonyl (C=O) groups is 2. The van der Waals surface area contributed by atoms with Crippen LogP contribution in [0.3, 0.4) is 0 Å². The maximum Gasteiger partial charge on any atom is 0.328 e. The van der Waals surface area contributed by atoms with E-state index in [-0.39, 0.29) is 11.8 Å². The fraction of sp³-hybridized carbons (Fsp3) is 0.429. The van der Waals surface area contributed by atoms with E-state index in [0.717, 1.165) is 0 Å². The number of nitrogen functional groups attached to an aromatic ring is 1. The quantitative estimate of drug-likeness (QED) is 0.507. The van der Waals surface area contributed by atoms with Gasteiger partial charge in [-0.15, -0.1) is 5.10 Å². The molecule has 0 fully saturated rings. The summed E-state index contributed by atoms with van der Waals surface area (Å²) in [6.07, 6.45) is 0. The van der Waals surface area contributed by atoms with Crippen LogP contribution < -0.4 is 11.1 Å². The lowest BCUT2D eigenvalue weighted by molar-refractivity contribution is -0.143. The third-order valence-electron chi connectivity index (χ3n) is 1.68. The van der Waals surface area contributed by atoms with E-state index in [9.17, 15) is 9.59 Å². The van der Waals surface area contributed by atoms with E-state index in [1.54, 1.807) is 0 Å². The molecule has 0 aromatic carbocycles. The van der Waals surface area contributed by atoms with E-state index in [1.165, 1.54) is 13.8 Å². The Morgan fingerprint density at radius 2 is 2.13 bits per heavy atom. The van der Waals surface area contributed by atoms with Gasteiger partial charge in [-0.1, -0.05) is 0 Å². The van der Waals surface area contributed by atoms with Gasteiger partial charge in [0.05, 0.1) is 0 Å². The van der Waals surface area contributed by atoms with Crippen LogP contribution in [-0.2, 0) is 4.79 Å². The summed E-state index contributed by atoms with van der Waals surface area (Å²) in [7, 11) is 0. The monoisotopic (exact) mass is 213 g/mol. The maximum atomic E-state index is 11.4. The van der Waals surface area contributed by atoms with Gasteiger partial charge in [0, 0.05) is 0 Å². The minimum atomic E-state index is -1.38. The summed E-state index contributed by atoms with van der Waals surface area (Å²) >= 11 is 0. The molecule has 0 unspecified atom stereocenters. The molecule has 15 heavy (non-hydrogen) atoms. The van der Waals surface area contributed by atoms with Crippen molar-refractivity contribution >= 4 is 17.8 Å². The van der Waals surface area contributed by atoms with Crippen molar-refractivity contribution in [1.82, 2.24) is 20.5 Å². The Hall–Kier alpha value is -2.12. The normalized spacial score (nSPS) is 11.1.